The molecular formula is C28H32F3N7O5. The van der Waals surface area contributed by atoms with Crippen LogP contribution in [-0.2, 0) is 16.1 Å². The molecule has 7 rings (SSSR count). The molecule has 12 nitrogen and oxygen atoms in total. The third-order valence-corrected chi connectivity index (χ3v) is 6.15. The third-order valence-electron chi connectivity index (χ3n) is 6.15. The summed E-state index contributed by atoms with van der Waals surface area (Å²) in [7, 11) is 1.46. The van der Waals surface area contributed by atoms with Gasteiger partial charge in [0.05, 0.1) is 6.54 Å². The number of alkyl halides is 3. The Morgan fingerprint density at radius 2 is 1.72 bits per heavy atom. The second kappa shape index (κ2) is 15.0. The van der Waals surface area contributed by atoms with E-state index in [9.17, 15) is 22.8 Å². The fraction of sp³-hybridized carbons (Fsp3) is 0.393. The summed E-state index contributed by atoms with van der Waals surface area (Å²) in [6, 6.07) is 13.0. The van der Waals surface area contributed by atoms with Crippen LogP contribution in [0.25, 0.3) is 0 Å². The average Bonchev–Trinajstić information content (AvgIpc) is 2.98. The number of anilines is 3. The van der Waals surface area contributed by atoms with Crippen LogP contribution < -0.4 is 25.4 Å². The molecule has 43 heavy (non-hydrogen) atoms. The summed E-state index contributed by atoms with van der Waals surface area (Å²) < 4.78 is 53.9. The standard InChI is InChI=1S/C28H32F3N7O5/c1-41-17-23(39)38-13-3-2-12-32-24(40)20-6-8-21(9-7-20)34-26-35-25(36-27(37-26)43-18-28(29,30)31)33-16-19-4-10-22(11-5-19)42-15-14-38/h4-11H,2-3,12-18H2,1H3,(H,32,40)(H2,33,34,35,36,37). The Balaban J connectivity index is 1.54. The van der Waals surface area contributed by atoms with Crippen LogP contribution in [0, 0.1) is 0 Å². The lowest BCUT2D eigenvalue weighted by molar-refractivity contribution is -0.154. The minimum Gasteiger partial charge on any atom is -0.492 e. The lowest BCUT2D eigenvalue weighted by Gasteiger charge is -2.22. The highest BCUT2D eigenvalue weighted by atomic mass is 19.4. The van der Waals surface area contributed by atoms with E-state index in [1.165, 1.54) is 7.11 Å². The fourth-order valence-electron chi connectivity index (χ4n) is 4.00. The quantitative estimate of drug-likeness (QED) is 0.406. The predicted octanol–water partition coefficient (Wildman–Crippen LogP) is 3.55. The maximum Gasteiger partial charge on any atom is 0.422 e. The summed E-state index contributed by atoms with van der Waals surface area (Å²) in [6.45, 7) is 0.160. The Kier molecular flexibility index (Phi) is 10.9. The maximum atomic E-state index is 12.8. The van der Waals surface area contributed by atoms with E-state index >= 15 is 0 Å². The van der Waals surface area contributed by atoms with Crippen LogP contribution in [0.4, 0.5) is 30.8 Å². The van der Waals surface area contributed by atoms with Gasteiger partial charge in [0.25, 0.3) is 5.91 Å². The summed E-state index contributed by atoms with van der Waals surface area (Å²) >= 11 is 0. The monoisotopic (exact) mass is 603 g/mol. The van der Waals surface area contributed by atoms with Crippen molar-refractivity contribution in [1.29, 1.82) is 0 Å². The van der Waals surface area contributed by atoms with Gasteiger partial charge in [-0.25, -0.2) is 0 Å². The molecule has 5 heterocycles. The largest absolute Gasteiger partial charge is 0.492 e. The molecule has 15 heteroatoms. The SMILES string of the molecule is COCC(=O)N1CCCCNC(=O)c2ccc(cc2)Nc2nc(nc(OCC(F)(F)F)n2)NCc2ccc(cc2)OCC1. The first-order chi connectivity index (χ1) is 20.7. The fourth-order valence-corrected chi connectivity index (χ4v) is 4.00. The van der Waals surface area contributed by atoms with Crippen LogP contribution in [0.1, 0.15) is 28.8 Å². The number of carbonyl (C=O) groups is 2. The smallest absolute Gasteiger partial charge is 0.422 e. The molecule has 3 N–H and O–H groups in total. The molecule has 0 fully saturated rings. The third kappa shape index (κ3) is 10.3. The molecule has 0 unspecified atom stereocenters. The summed E-state index contributed by atoms with van der Waals surface area (Å²) in [5, 5.41) is 8.72. The minimum atomic E-state index is -4.58. The molecule has 3 aromatic rings. The van der Waals surface area contributed by atoms with Gasteiger partial charge in [-0.05, 0) is 54.8 Å². The van der Waals surface area contributed by atoms with E-state index in [0.29, 0.717) is 49.5 Å². The zero-order chi connectivity index (χ0) is 30.7. The van der Waals surface area contributed by atoms with Crippen LogP contribution in [0.3, 0.4) is 0 Å². The van der Waals surface area contributed by atoms with Crippen LogP contribution >= 0.6 is 0 Å². The molecule has 0 spiro atoms. The van der Waals surface area contributed by atoms with Gasteiger partial charge in [-0.15, -0.1) is 0 Å². The number of methoxy groups -OCH3 is 1. The predicted molar refractivity (Wildman–Crippen MR) is 150 cm³/mol. The second-order valence-corrected chi connectivity index (χ2v) is 9.49. The van der Waals surface area contributed by atoms with Crippen molar-refractivity contribution in [2.24, 2.45) is 0 Å². The van der Waals surface area contributed by atoms with Gasteiger partial charge in [0.15, 0.2) is 6.61 Å². The van der Waals surface area contributed by atoms with E-state index in [1.807, 2.05) is 12.1 Å². The number of nitrogens with one attached hydrogen (secondary N) is 3. The van der Waals surface area contributed by atoms with Gasteiger partial charge in [0.2, 0.25) is 17.8 Å². The number of hydrogen-bond donors (Lipinski definition) is 3. The Labute approximate surface area is 246 Å². The van der Waals surface area contributed by atoms with E-state index in [-0.39, 0.29) is 43.5 Å². The zero-order valence-electron chi connectivity index (χ0n) is 23.4. The normalized spacial score (nSPS) is 15.0. The Morgan fingerprint density at radius 1 is 0.977 bits per heavy atom. The molecule has 0 saturated carbocycles. The number of amides is 2. The number of benzene rings is 2. The molecular weight excluding hydrogens is 571 g/mol. The van der Waals surface area contributed by atoms with Gasteiger partial charge < -0.3 is 35.1 Å². The van der Waals surface area contributed by atoms with Crippen molar-refractivity contribution in [3.8, 4) is 11.8 Å². The Bertz CT molecular complexity index is 1360. The molecule has 4 aliphatic heterocycles. The first-order valence-corrected chi connectivity index (χ1v) is 13.5. The first kappa shape index (κ1) is 31.3. The van der Waals surface area contributed by atoms with Gasteiger partial charge in [-0.2, -0.15) is 28.1 Å². The number of carbonyl (C=O) groups excluding carboxylic acids is 2. The summed E-state index contributed by atoms with van der Waals surface area (Å²) in [5.74, 6) is 0.103. The van der Waals surface area contributed by atoms with Crippen molar-refractivity contribution in [3.63, 3.8) is 0 Å². The highest BCUT2D eigenvalue weighted by molar-refractivity contribution is 5.94. The summed E-state index contributed by atoms with van der Waals surface area (Å²) in [6.07, 6.45) is -3.26. The summed E-state index contributed by atoms with van der Waals surface area (Å²) in [5.41, 5.74) is 1.72. The molecule has 2 aromatic carbocycles. The van der Waals surface area contributed by atoms with Gasteiger partial charge in [-0.1, -0.05) is 12.1 Å². The molecule has 1 aromatic heterocycles. The van der Waals surface area contributed by atoms with Crippen LogP contribution in [-0.4, -0.2) is 84.4 Å². The number of ether oxygens (including phenoxy) is 3. The molecule has 2 amide bonds. The molecule has 0 saturated heterocycles. The Morgan fingerprint density at radius 3 is 2.44 bits per heavy atom. The summed E-state index contributed by atoms with van der Waals surface area (Å²) in [4.78, 5) is 38.9. The van der Waals surface area contributed by atoms with Gasteiger partial charge >= 0.3 is 12.2 Å². The molecule has 230 valence electrons. The molecule has 0 aliphatic carbocycles. The number of rotatable bonds is 4. The molecule has 0 radical (unpaired) electrons. The molecule has 4 aliphatic rings. The van der Waals surface area contributed by atoms with Crippen molar-refractivity contribution in [2.45, 2.75) is 25.6 Å². The topological polar surface area (TPSA) is 140 Å². The highest BCUT2D eigenvalue weighted by Crippen LogP contribution is 2.21. The lowest BCUT2D eigenvalue weighted by atomic mass is 10.2. The van der Waals surface area contributed by atoms with Gasteiger partial charge in [0.1, 0.15) is 19.0 Å². The zero-order valence-corrected chi connectivity index (χ0v) is 23.4. The molecule has 6 bridgehead atoms. The number of hydrogen-bond acceptors (Lipinski definition) is 10. The van der Waals surface area contributed by atoms with Gasteiger partial charge in [-0.3, -0.25) is 9.59 Å². The van der Waals surface area contributed by atoms with Crippen LogP contribution in [0.2, 0.25) is 0 Å². The average molecular weight is 604 g/mol. The van der Waals surface area contributed by atoms with E-state index in [4.69, 9.17) is 14.2 Å². The van der Waals surface area contributed by atoms with E-state index in [1.54, 1.807) is 41.3 Å². The second-order valence-electron chi connectivity index (χ2n) is 9.49. The molecule has 0 atom stereocenters. The number of nitrogens with zero attached hydrogens (tertiary/aromatic N) is 4. The number of halogens is 3. The van der Waals surface area contributed by atoms with Crippen LogP contribution in [0.15, 0.2) is 48.5 Å². The van der Waals surface area contributed by atoms with E-state index in [2.05, 4.69) is 30.9 Å². The van der Waals surface area contributed by atoms with Crippen molar-refractivity contribution in [2.75, 3.05) is 57.2 Å². The highest BCUT2D eigenvalue weighted by Gasteiger charge is 2.29. The van der Waals surface area contributed by atoms with Crippen molar-refractivity contribution in [1.82, 2.24) is 25.2 Å². The van der Waals surface area contributed by atoms with Crippen molar-refractivity contribution < 1.29 is 37.0 Å². The lowest BCUT2D eigenvalue weighted by Crippen LogP contribution is -2.38. The van der Waals surface area contributed by atoms with Crippen LogP contribution in [0.5, 0.6) is 11.8 Å². The van der Waals surface area contributed by atoms with E-state index in [0.717, 1.165) is 5.56 Å². The van der Waals surface area contributed by atoms with Gasteiger partial charge in [0, 0.05) is 38.0 Å². The van der Waals surface area contributed by atoms with Crippen molar-refractivity contribution >= 4 is 29.4 Å². The van der Waals surface area contributed by atoms with E-state index < -0.39 is 18.8 Å². The minimum absolute atomic E-state index is 0.0127. The van der Waals surface area contributed by atoms with Crippen molar-refractivity contribution in [3.05, 3.63) is 59.7 Å². The first-order valence-electron chi connectivity index (χ1n) is 13.5. The number of aromatic nitrogens is 3. The maximum absolute atomic E-state index is 12.8. The Hall–Kier alpha value is -4.66.